The van der Waals surface area contributed by atoms with Crippen LogP contribution in [0.3, 0.4) is 0 Å². The van der Waals surface area contributed by atoms with Crippen LogP contribution in [-0.2, 0) is 9.53 Å². The van der Waals surface area contributed by atoms with E-state index in [1.807, 2.05) is 61.4 Å². The number of anilines is 1. The van der Waals surface area contributed by atoms with E-state index in [0.717, 1.165) is 5.69 Å². The first-order valence-electron chi connectivity index (χ1n) is 7.31. The van der Waals surface area contributed by atoms with Crippen LogP contribution < -0.4 is 4.90 Å². The number of carbonyl (C=O) groups excluding carboxylic acids is 1. The zero-order valence-electron chi connectivity index (χ0n) is 13.3. The number of hydrogen-bond donors (Lipinski definition) is 0. The third-order valence-electron chi connectivity index (χ3n) is 3.14. The first-order chi connectivity index (χ1) is 10.6. The average molecular weight is 298 g/mol. The lowest BCUT2D eigenvalue weighted by Crippen LogP contribution is -2.17. The monoisotopic (exact) mass is 298 g/mol. The summed E-state index contributed by atoms with van der Waals surface area (Å²) in [7, 11) is 1.83. The van der Waals surface area contributed by atoms with Crippen LogP contribution in [0, 0.1) is 17.2 Å². The summed E-state index contributed by atoms with van der Waals surface area (Å²) in [6, 6.07) is 11.8. The molecule has 1 aromatic carbocycles. The van der Waals surface area contributed by atoms with Crippen LogP contribution in [0.2, 0.25) is 0 Å². The number of nitrogens with zero attached hydrogens (tertiary/aromatic N) is 2. The van der Waals surface area contributed by atoms with Crippen LogP contribution in [0.25, 0.3) is 0 Å². The molecule has 1 aromatic rings. The van der Waals surface area contributed by atoms with Crippen molar-refractivity contribution in [2.24, 2.45) is 5.92 Å². The molecule has 1 rings (SSSR count). The van der Waals surface area contributed by atoms with E-state index in [0.29, 0.717) is 12.3 Å². The molecule has 0 aliphatic carbocycles. The van der Waals surface area contributed by atoms with Crippen LogP contribution in [0.1, 0.15) is 20.3 Å². The molecule has 22 heavy (non-hydrogen) atoms. The maximum Gasteiger partial charge on any atom is 0.306 e. The summed E-state index contributed by atoms with van der Waals surface area (Å²) in [5.74, 6) is -0.425. The van der Waals surface area contributed by atoms with E-state index in [4.69, 9.17) is 4.74 Å². The number of carbonyl (C=O) groups is 1. The molecule has 0 aliphatic heterocycles. The fourth-order valence-electron chi connectivity index (χ4n) is 2.06. The van der Waals surface area contributed by atoms with Gasteiger partial charge in [0.2, 0.25) is 0 Å². The fraction of sp³-hybridized carbons (Fsp3) is 0.333. The van der Waals surface area contributed by atoms with E-state index in [-0.39, 0.29) is 18.3 Å². The van der Waals surface area contributed by atoms with E-state index >= 15 is 0 Å². The Hall–Kier alpha value is -2.54. The van der Waals surface area contributed by atoms with Gasteiger partial charge in [0.25, 0.3) is 0 Å². The second-order valence-corrected chi connectivity index (χ2v) is 4.76. The first-order valence-corrected chi connectivity index (χ1v) is 7.31. The molecule has 1 unspecified atom stereocenters. The van der Waals surface area contributed by atoms with Crippen LogP contribution in [0.4, 0.5) is 5.69 Å². The van der Waals surface area contributed by atoms with Crippen molar-refractivity contribution in [3.8, 4) is 6.07 Å². The van der Waals surface area contributed by atoms with Crippen molar-refractivity contribution in [3.63, 3.8) is 0 Å². The number of para-hydroxylation sites is 1. The highest BCUT2D eigenvalue weighted by atomic mass is 16.5. The van der Waals surface area contributed by atoms with Crippen LogP contribution in [0.5, 0.6) is 0 Å². The third kappa shape index (κ3) is 5.45. The zero-order chi connectivity index (χ0) is 16.4. The van der Waals surface area contributed by atoms with Gasteiger partial charge in [-0.2, -0.15) is 5.26 Å². The van der Waals surface area contributed by atoms with Crippen molar-refractivity contribution in [1.29, 1.82) is 5.26 Å². The predicted molar refractivity (Wildman–Crippen MR) is 88.1 cm³/mol. The molecule has 0 aromatic heterocycles. The van der Waals surface area contributed by atoms with Crippen molar-refractivity contribution in [2.75, 3.05) is 18.6 Å². The van der Waals surface area contributed by atoms with Crippen molar-refractivity contribution < 1.29 is 9.53 Å². The van der Waals surface area contributed by atoms with E-state index in [1.165, 1.54) is 0 Å². The third-order valence-corrected chi connectivity index (χ3v) is 3.14. The molecule has 0 radical (unpaired) electrons. The van der Waals surface area contributed by atoms with Gasteiger partial charge in [0.15, 0.2) is 0 Å². The Labute approximate surface area is 132 Å². The minimum Gasteiger partial charge on any atom is -0.466 e. The van der Waals surface area contributed by atoms with Crippen molar-refractivity contribution in [3.05, 3.63) is 54.3 Å². The topological polar surface area (TPSA) is 53.3 Å². The molecule has 1 atom stereocenters. The van der Waals surface area contributed by atoms with Gasteiger partial charge in [0.1, 0.15) is 11.8 Å². The summed E-state index contributed by atoms with van der Waals surface area (Å²) >= 11 is 0. The van der Waals surface area contributed by atoms with Crippen LogP contribution in [0.15, 0.2) is 54.3 Å². The van der Waals surface area contributed by atoms with E-state index < -0.39 is 0 Å². The van der Waals surface area contributed by atoms with Crippen molar-refractivity contribution in [1.82, 2.24) is 0 Å². The number of esters is 1. The number of nitriles is 1. The Balaban J connectivity index is 2.95. The number of benzene rings is 1. The van der Waals surface area contributed by atoms with Gasteiger partial charge >= 0.3 is 5.97 Å². The van der Waals surface area contributed by atoms with Gasteiger partial charge in [-0.1, -0.05) is 30.4 Å². The average Bonchev–Trinajstić information content (AvgIpc) is 2.53. The lowest BCUT2D eigenvalue weighted by molar-refractivity contribution is -0.143. The molecule has 0 bridgehead atoms. The minimum absolute atomic E-state index is 0.162. The molecule has 4 nitrogen and oxygen atoms in total. The van der Waals surface area contributed by atoms with Gasteiger partial charge in [-0.05, 0) is 32.1 Å². The lowest BCUT2D eigenvalue weighted by Gasteiger charge is -2.19. The van der Waals surface area contributed by atoms with Crippen molar-refractivity contribution >= 4 is 11.7 Å². The number of ether oxygens (including phenoxy) is 1. The summed E-state index contributed by atoms with van der Waals surface area (Å²) in [6.45, 7) is 4.03. The van der Waals surface area contributed by atoms with Gasteiger partial charge in [-0.3, -0.25) is 4.79 Å². The molecule has 0 heterocycles. The first kappa shape index (κ1) is 17.5. The maximum absolute atomic E-state index is 11.7. The molecule has 0 fully saturated rings. The van der Waals surface area contributed by atoms with E-state index in [9.17, 15) is 10.1 Å². The Kier molecular flexibility index (Phi) is 7.49. The molecule has 116 valence electrons. The highest BCUT2D eigenvalue weighted by molar-refractivity contribution is 5.70. The molecular weight excluding hydrogens is 276 g/mol. The molecule has 0 aliphatic rings. The Morgan fingerprint density at radius 1 is 1.41 bits per heavy atom. The number of allylic oxidation sites excluding steroid dienone is 4. The largest absolute Gasteiger partial charge is 0.466 e. The number of rotatable bonds is 7. The molecule has 0 amide bonds. The predicted octanol–water partition coefficient (Wildman–Crippen LogP) is 3.68. The highest BCUT2D eigenvalue weighted by Crippen LogP contribution is 2.19. The lowest BCUT2D eigenvalue weighted by atomic mass is 10.0. The van der Waals surface area contributed by atoms with Gasteiger partial charge in [-0.25, -0.2) is 0 Å². The minimum atomic E-state index is -0.262. The molecule has 0 N–H and O–H groups in total. The summed E-state index contributed by atoms with van der Waals surface area (Å²) in [4.78, 5) is 13.5. The maximum atomic E-state index is 11.7. The molecule has 0 saturated heterocycles. The smallest absolute Gasteiger partial charge is 0.306 e. The van der Waals surface area contributed by atoms with Gasteiger partial charge in [0.05, 0.1) is 13.0 Å². The zero-order valence-corrected chi connectivity index (χ0v) is 13.3. The van der Waals surface area contributed by atoms with E-state index in [2.05, 4.69) is 6.07 Å². The van der Waals surface area contributed by atoms with Gasteiger partial charge in [0, 0.05) is 18.7 Å². The standard InChI is InChI=1S/C18H22N2O2/c1-4-9-15(13-18(21)22-5-2)12-17(14-19)20(3)16-10-7-6-8-11-16/h4,6-12,15H,5,13H2,1-3H3/b9-4+,17-12-. The van der Waals surface area contributed by atoms with Crippen molar-refractivity contribution in [2.45, 2.75) is 20.3 Å². The SMILES string of the molecule is C/C=C/C(/C=C(/C#N)N(C)c1ccccc1)CC(=O)OCC. The molecular formula is C18H22N2O2. The van der Waals surface area contributed by atoms with Gasteiger partial charge < -0.3 is 9.64 Å². The van der Waals surface area contributed by atoms with Crippen LogP contribution >= 0.6 is 0 Å². The normalized spacial score (nSPS) is 12.7. The molecule has 4 heteroatoms. The second kappa shape index (κ2) is 9.41. The Morgan fingerprint density at radius 3 is 2.64 bits per heavy atom. The molecule has 0 saturated carbocycles. The van der Waals surface area contributed by atoms with E-state index in [1.54, 1.807) is 13.0 Å². The highest BCUT2D eigenvalue weighted by Gasteiger charge is 2.13. The molecule has 0 spiro atoms. The quantitative estimate of drug-likeness (QED) is 0.438. The fourth-order valence-corrected chi connectivity index (χ4v) is 2.06. The summed E-state index contributed by atoms with van der Waals surface area (Å²) in [5.41, 5.74) is 1.42. The second-order valence-electron chi connectivity index (χ2n) is 4.76. The summed E-state index contributed by atoms with van der Waals surface area (Å²) in [6.07, 6.45) is 5.79. The van der Waals surface area contributed by atoms with Crippen LogP contribution in [-0.4, -0.2) is 19.6 Å². The summed E-state index contributed by atoms with van der Waals surface area (Å²) < 4.78 is 4.98. The summed E-state index contributed by atoms with van der Waals surface area (Å²) in [5, 5.41) is 9.41. The Bertz CT molecular complexity index is 570. The Morgan fingerprint density at radius 2 is 2.09 bits per heavy atom. The van der Waals surface area contributed by atoms with Gasteiger partial charge in [-0.15, -0.1) is 0 Å². The number of hydrogen-bond acceptors (Lipinski definition) is 4.